The molecule has 2 N–H and O–H groups in total. The minimum Gasteiger partial charge on any atom is -0.458 e. The molecule has 1 aliphatic rings. The number of cyclic esters (lactones) is 1. The average Bonchev–Trinajstić information content (AvgIpc) is 2.30. The summed E-state index contributed by atoms with van der Waals surface area (Å²) in [5, 5.41) is 5.11. The highest BCUT2D eigenvalue weighted by molar-refractivity contribution is 5.92. The van der Waals surface area contributed by atoms with E-state index < -0.39 is 35.7 Å². The van der Waals surface area contributed by atoms with E-state index in [1.54, 1.807) is 41.5 Å². The lowest BCUT2D eigenvalue weighted by Gasteiger charge is -2.34. The van der Waals surface area contributed by atoms with Crippen LogP contribution in [-0.4, -0.2) is 41.8 Å². The van der Waals surface area contributed by atoms with Gasteiger partial charge in [0.2, 0.25) is 5.91 Å². The number of nitrogens with one attached hydrogen (secondary N) is 2. The molecule has 7 nitrogen and oxygen atoms in total. The normalized spacial score (nSPS) is 22.9. The molecule has 0 radical (unpaired) electrons. The van der Waals surface area contributed by atoms with Gasteiger partial charge in [-0.15, -0.1) is 0 Å². The van der Waals surface area contributed by atoms with Gasteiger partial charge in [0.15, 0.2) is 6.04 Å². The van der Waals surface area contributed by atoms with E-state index in [-0.39, 0.29) is 12.0 Å². The van der Waals surface area contributed by atoms with Crippen LogP contribution in [0.3, 0.4) is 0 Å². The van der Waals surface area contributed by atoms with E-state index in [0.29, 0.717) is 0 Å². The van der Waals surface area contributed by atoms with E-state index in [9.17, 15) is 14.4 Å². The summed E-state index contributed by atoms with van der Waals surface area (Å²) in [4.78, 5) is 35.2. The molecule has 0 saturated carbocycles. The summed E-state index contributed by atoms with van der Waals surface area (Å²) in [6, 6.07) is -1.43. The smallest absolute Gasteiger partial charge is 0.408 e. The highest BCUT2D eigenvalue weighted by atomic mass is 16.6. The molecular weight excluding hydrogens is 276 g/mol. The molecule has 1 heterocycles. The van der Waals surface area contributed by atoms with Crippen LogP contribution in [0.15, 0.2) is 0 Å². The summed E-state index contributed by atoms with van der Waals surface area (Å²) in [5.41, 5.74) is -0.644. The molecule has 21 heavy (non-hydrogen) atoms. The van der Waals surface area contributed by atoms with E-state index in [2.05, 4.69) is 10.6 Å². The van der Waals surface area contributed by atoms with Gasteiger partial charge in [-0.05, 0) is 33.6 Å². The summed E-state index contributed by atoms with van der Waals surface area (Å²) >= 11 is 0. The minimum absolute atomic E-state index is 0.149. The van der Waals surface area contributed by atoms with Crippen molar-refractivity contribution in [2.24, 2.45) is 5.92 Å². The standard InChI is InChI=1S/C14H24N2O5/c1-7(2)9(16-13(19)21-14(4,5)6)11(17)15-10-8(3)20-12(10)18/h7-10H,1-6H3,(H,15,17)(H,16,19)/t8-,9+,10+/m1/s1. The fraction of sp³-hybridized carbons (Fsp3) is 0.786. The van der Waals surface area contributed by atoms with E-state index in [1.807, 2.05) is 0 Å². The van der Waals surface area contributed by atoms with Gasteiger partial charge in [-0.3, -0.25) is 4.79 Å². The largest absolute Gasteiger partial charge is 0.458 e. The summed E-state index contributed by atoms with van der Waals surface area (Å²) < 4.78 is 9.91. The fourth-order valence-electron chi connectivity index (χ4n) is 1.83. The second-order valence-electron chi connectivity index (χ2n) is 6.50. The molecule has 1 saturated heterocycles. The zero-order valence-corrected chi connectivity index (χ0v) is 13.4. The first-order valence-electron chi connectivity index (χ1n) is 7.01. The zero-order valence-electron chi connectivity index (χ0n) is 13.4. The van der Waals surface area contributed by atoms with E-state index in [1.165, 1.54) is 0 Å². The van der Waals surface area contributed by atoms with E-state index >= 15 is 0 Å². The molecule has 120 valence electrons. The predicted octanol–water partition coefficient (Wildman–Crippen LogP) is 0.966. The molecule has 1 aliphatic heterocycles. The van der Waals surface area contributed by atoms with Gasteiger partial charge >= 0.3 is 12.1 Å². The third-order valence-electron chi connectivity index (χ3n) is 2.94. The summed E-state index contributed by atoms with van der Waals surface area (Å²) in [6.45, 7) is 10.5. The highest BCUT2D eigenvalue weighted by Crippen LogP contribution is 2.15. The topological polar surface area (TPSA) is 93.7 Å². The van der Waals surface area contributed by atoms with Gasteiger partial charge in [0.25, 0.3) is 0 Å². The molecule has 1 rings (SSSR count). The molecule has 1 fully saturated rings. The van der Waals surface area contributed by atoms with Crippen LogP contribution in [-0.2, 0) is 19.1 Å². The maximum atomic E-state index is 12.2. The maximum Gasteiger partial charge on any atom is 0.408 e. The van der Waals surface area contributed by atoms with Gasteiger partial charge in [0.1, 0.15) is 17.7 Å². The minimum atomic E-state index is -0.777. The van der Waals surface area contributed by atoms with Crippen LogP contribution in [0.25, 0.3) is 0 Å². The van der Waals surface area contributed by atoms with Crippen LogP contribution < -0.4 is 10.6 Å². The van der Waals surface area contributed by atoms with Gasteiger partial charge in [-0.2, -0.15) is 0 Å². The Morgan fingerprint density at radius 2 is 1.86 bits per heavy atom. The molecule has 0 aromatic heterocycles. The van der Waals surface area contributed by atoms with Gasteiger partial charge in [0, 0.05) is 0 Å². The number of carbonyl (C=O) groups excluding carboxylic acids is 3. The summed E-state index contributed by atoms with van der Waals surface area (Å²) in [7, 11) is 0. The quantitative estimate of drug-likeness (QED) is 0.754. The molecule has 2 amide bonds. The van der Waals surface area contributed by atoms with Gasteiger partial charge in [0.05, 0.1) is 0 Å². The SMILES string of the molecule is CC(C)[C@H](NC(=O)OC(C)(C)C)C(=O)N[C@@H]1C(=O)O[C@@H]1C. The summed E-state index contributed by atoms with van der Waals surface area (Å²) in [5.74, 6) is -1.04. The Hall–Kier alpha value is -1.79. The first-order chi connectivity index (χ1) is 9.51. The Bertz CT molecular complexity index is 428. The molecule has 7 heteroatoms. The molecular formula is C14H24N2O5. The number of hydrogen-bond donors (Lipinski definition) is 2. The van der Waals surface area contributed by atoms with Crippen molar-refractivity contribution in [1.82, 2.24) is 10.6 Å². The maximum absolute atomic E-state index is 12.2. The van der Waals surface area contributed by atoms with E-state index in [0.717, 1.165) is 0 Å². The van der Waals surface area contributed by atoms with Crippen molar-refractivity contribution < 1.29 is 23.9 Å². The molecule has 0 spiro atoms. The van der Waals surface area contributed by atoms with Gasteiger partial charge in [-0.25, -0.2) is 9.59 Å². The molecule has 0 unspecified atom stereocenters. The predicted molar refractivity (Wildman–Crippen MR) is 75.5 cm³/mol. The molecule has 0 aromatic carbocycles. The molecule has 3 atom stereocenters. The Morgan fingerprint density at radius 1 is 1.29 bits per heavy atom. The Balaban J connectivity index is 2.62. The number of ether oxygens (including phenoxy) is 2. The molecule has 0 aromatic rings. The van der Waals surface area contributed by atoms with Crippen molar-refractivity contribution in [3.8, 4) is 0 Å². The first kappa shape index (κ1) is 17.3. The second kappa shape index (κ2) is 6.32. The number of amides is 2. The van der Waals surface area contributed by atoms with E-state index in [4.69, 9.17) is 9.47 Å². The third-order valence-corrected chi connectivity index (χ3v) is 2.94. The van der Waals surface area contributed by atoms with Crippen molar-refractivity contribution in [3.63, 3.8) is 0 Å². The van der Waals surface area contributed by atoms with Crippen molar-refractivity contribution in [3.05, 3.63) is 0 Å². The van der Waals surface area contributed by atoms with Crippen LogP contribution in [0.4, 0.5) is 4.79 Å². The Kier molecular flexibility index (Phi) is 5.20. The van der Waals surface area contributed by atoms with Gasteiger partial charge in [-0.1, -0.05) is 13.8 Å². The third kappa shape index (κ3) is 4.91. The lowest BCUT2D eigenvalue weighted by molar-refractivity contribution is -0.176. The number of esters is 1. The van der Waals surface area contributed by atoms with Crippen LogP contribution in [0.2, 0.25) is 0 Å². The second-order valence-corrected chi connectivity index (χ2v) is 6.50. The number of hydrogen-bond acceptors (Lipinski definition) is 5. The fourth-order valence-corrected chi connectivity index (χ4v) is 1.83. The Labute approximate surface area is 124 Å². The highest BCUT2D eigenvalue weighted by Gasteiger charge is 2.41. The number of alkyl carbamates (subject to hydrolysis) is 1. The molecule has 0 aliphatic carbocycles. The Morgan fingerprint density at radius 3 is 2.24 bits per heavy atom. The zero-order chi connectivity index (χ0) is 16.4. The van der Waals surface area contributed by atoms with Crippen LogP contribution in [0.5, 0.6) is 0 Å². The van der Waals surface area contributed by atoms with Crippen molar-refractivity contribution in [2.75, 3.05) is 0 Å². The van der Waals surface area contributed by atoms with Crippen LogP contribution in [0, 0.1) is 5.92 Å². The first-order valence-corrected chi connectivity index (χ1v) is 7.01. The summed E-state index contributed by atoms with van der Waals surface area (Å²) in [6.07, 6.45) is -1.02. The average molecular weight is 300 g/mol. The number of rotatable bonds is 4. The van der Waals surface area contributed by atoms with Crippen molar-refractivity contribution in [2.45, 2.75) is 65.3 Å². The van der Waals surface area contributed by atoms with Crippen LogP contribution in [0.1, 0.15) is 41.5 Å². The monoisotopic (exact) mass is 300 g/mol. The van der Waals surface area contributed by atoms with Crippen LogP contribution >= 0.6 is 0 Å². The van der Waals surface area contributed by atoms with Gasteiger partial charge < -0.3 is 20.1 Å². The molecule has 0 bridgehead atoms. The van der Waals surface area contributed by atoms with Crippen molar-refractivity contribution >= 4 is 18.0 Å². The van der Waals surface area contributed by atoms with Crippen molar-refractivity contribution in [1.29, 1.82) is 0 Å². The number of carbonyl (C=O) groups is 3. The lowest BCUT2D eigenvalue weighted by atomic mass is 10.0. The lowest BCUT2D eigenvalue weighted by Crippen LogP contribution is -2.62.